The number of sulfonamides is 1. The van der Waals surface area contributed by atoms with Gasteiger partial charge in [0.25, 0.3) is 21.5 Å². The molecular weight excluding hydrogens is 571 g/mol. The van der Waals surface area contributed by atoms with E-state index in [2.05, 4.69) is 10.3 Å². The van der Waals surface area contributed by atoms with E-state index >= 15 is 0 Å². The van der Waals surface area contributed by atoms with E-state index in [1.807, 2.05) is 0 Å². The Kier molecular flexibility index (Phi) is 7.58. The fourth-order valence-electron chi connectivity index (χ4n) is 4.40. The normalized spacial score (nSPS) is 16.4. The number of nitrogens with zero attached hydrogens (tertiary/aromatic N) is 2. The zero-order chi connectivity index (χ0) is 29.5. The van der Waals surface area contributed by atoms with Gasteiger partial charge in [0, 0.05) is 30.1 Å². The Morgan fingerprint density at radius 1 is 0.975 bits per heavy atom. The van der Waals surface area contributed by atoms with Gasteiger partial charge in [-0.05, 0) is 60.9 Å². The zero-order valence-electron chi connectivity index (χ0n) is 20.2. The van der Waals surface area contributed by atoms with Crippen molar-refractivity contribution in [1.29, 1.82) is 0 Å². The molecule has 0 saturated heterocycles. The van der Waals surface area contributed by atoms with Crippen molar-refractivity contribution < 1.29 is 49.1 Å². The second kappa shape index (κ2) is 10.4. The van der Waals surface area contributed by atoms with Gasteiger partial charge in [0.15, 0.2) is 0 Å². The molecule has 7 nitrogen and oxygen atoms in total. The molecule has 1 aromatic heterocycles. The van der Waals surface area contributed by atoms with E-state index in [1.54, 1.807) is 0 Å². The van der Waals surface area contributed by atoms with E-state index in [0.717, 1.165) is 34.6 Å². The molecule has 40 heavy (non-hydrogen) atoms. The Morgan fingerprint density at radius 3 is 2.15 bits per heavy atom. The van der Waals surface area contributed by atoms with E-state index in [1.165, 1.54) is 24.5 Å². The third-order valence-corrected chi connectivity index (χ3v) is 8.33. The van der Waals surface area contributed by atoms with E-state index in [0.29, 0.717) is 12.1 Å². The van der Waals surface area contributed by atoms with Crippen LogP contribution in [0.15, 0.2) is 71.9 Å². The molecule has 0 radical (unpaired) electrons. The Bertz CT molecular complexity index is 1480. The summed E-state index contributed by atoms with van der Waals surface area (Å²) in [6, 6.07) is 6.99. The smallest absolute Gasteiger partial charge is 0.369 e. The molecule has 3 aromatic rings. The summed E-state index contributed by atoms with van der Waals surface area (Å²) in [5.74, 6) is -1.33. The molecule has 1 atom stereocenters. The zero-order valence-corrected chi connectivity index (χ0v) is 21.0. The van der Waals surface area contributed by atoms with Crippen molar-refractivity contribution in [1.82, 2.24) is 10.3 Å². The number of benzene rings is 2. The first-order valence-corrected chi connectivity index (χ1v) is 13.0. The monoisotopic (exact) mass is 591 g/mol. The molecule has 1 amide bonds. The van der Waals surface area contributed by atoms with E-state index < -0.39 is 56.2 Å². The second-order valence-corrected chi connectivity index (χ2v) is 10.8. The molecule has 1 aliphatic rings. The number of carbonyl (C=O) groups is 1. The molecule has 2 aromatic carbocycles. The van der Waals surface area contributed by atoms with Gasteiger partial charge in [-0.3, -0.25) is 14.1 Å². The van der Waals surface area contributed by atoms with E-state index in [4.69, 9.17) is 0 Å². The predicted octanol–water partition coefficient (Wildman–Crippen LogP) is 4.47. The van der Waals surface area contributed by atoms with Crippen molar-refractivity contribution in [2.24, 2.45) is 0 Å². The third kappa shape index (κ3) is 5.22. The van der Waals surface area contributed by atoms with Crippen LogP contribution in [0.2, 0.25) is 0 Å². The molecule has 1 aliphatic heterocycles. The van der Waals surface area contributed by atoms with E-state index in [-0.39, 0.29) is 36.2 Å². The maximum absolute atomic E-state index is 13.7. The molecule has 4 rings (SSSR count). The number of nitrogens with one attached hydrogen (secondary N) is 1. The number of pyridine rings is 1. The summed E-state index contributed by atoms with van der Waals surface area (Å²) in [5.41, 5.74) is -7.00. The number of amides is 1. The van der Waals surface area contributed by atoms with Crippen LogP contribution in [0, 0.1) is 5.82 Å². The summed E-state index contributed by atoms with van der Waals surface area (Å²) in [4.78, 5) is 15.9. The van der Waals surface area contributed by atoms with Crippen molar-refractivity contribution in [3.8, 4) is 0 Å². The van der Waals surface area contributed by atoms with Crippen LogP contribution in [0.5, 0.6) is 0 Å². The molecular formula is C25H20F7N3O4S. The first-order chi connectivity index (χ1) is 18.6. The summed E-state index contributed by atoms with van der Waals surface area (Å²) in [6.07, 6.45) is -9.85. The predicted molar refractivity (Wildman–Crippen MR) is 127 cm³/mol. The molecule has 15 heteroatoms. The number of anilines is 1. The van der Waals surface area contributed by atoms with Gasteiger partial charge in [-0.2, -0.15) is 26.3 Å². The Hall–Kier alpha value is -3.72. The number of fused-ring (bicyclic) bond motifs is 1. The second-order valence-electron chi connectivity index (χ2n) is 8.94. The lowest BCUT2D eigenvalue weighted by Gasteiger charge is -2.39. The van der Waals surface area contributed by atoms with Crippen molar-refractivity contribution >= 4 is 21.6 Å². The maximum atomic E-state index is 13.7. The number of alkyl halides is 6. The lowest BCUT2D eigenvalue weighted by Crippen LogP contribution is -2.54. The highest BCUT2D eigenvalue weighted by Crippen LogP contribution is 2.51. The number of aliphatic hydroxyl groups is 1. The van der Waals surface area contributed by atoms with Gasteiger partial charge < -0.3 is 10.4 Å². The largest absolute Gasteiger partial charge is 0.430 e. The Balaban J connectivity index is 1.78. The molecule has 0 saturated carbocycles. The van der Waals surface area contributed by atoms with Crippen molar-refractivity contribution in [2.45, 2.75) is 41.7 Å². The highest BCUT2D eigenvalue weighted by molar-refractivity contribution is 7.92. The van der Waals surface area contributed by atoms with Gasteiger partial charge in [0.1, 0.15) is 5.82 Å². The van der Waals surface area contributed by atoms with Crippen LogP contribution < -0.4 is 9.62 Å². The van der Waals surface area contributed by atoms with Crippen molar-refractivity contribution in [2.75, 3.05) is 10.8 Å². The fourth-order valence-corrected chi connectivity index (χ4v) is 6.11. The summed E-state index contributed by atoms with van der Waals surface area (Å²) < 4.78 is 122. The quantitative estimate of drug-likeness (QED) is 0.413. The number of rotatable bonds is 6. The molecule has 0 bridgehead atoms. The van der Waals surface area contributed by atoms with Gasteiger partial charge in [0.2, 0.25) is 0 Å². The first-order valence-electron chi connectivity index (χ1n) is 11.5. The molecule has 214 valence electrons. The Morgan fingerprint density at radius 2 is 1.57 bits per heavy atom. The minimum absolute atomic E-state index is 0.121. The Labute approximate surface area is 223 Å². The van der Waals surface area contributed by atoms with Gasteiger partial charge in [-0.15, -0.1) is 0 Å². The van der Waals surface area contributed by atoms with Crippen molar-refractivity contribution in [3.05, 3.63) is 89.5 Å². The number of aryl methyl sites for hydroxylation is 1. The highest BCUT2D eigenvalue weighted by atomic mass is 32.2. The summed E-state index contributed by atoms with van der Waals surface area (Å²) >= 11 is 0. The number of carbonyl (C=O) groups excluding carboxylic acids is 1. The molecule has 2 heterocycles. The summed E-state index contributed by atoms with van der Waals surface area (Å²) in [7, 11) is -4.56. The van der Waals surface area contributed by atoms with Crippen LogP contribution in [0.3, 0.4) is 0 Å². The average Bonchev–Trinajstić information content (AvgIpc) is 2.89. The van der Waals surface area contributed by atoms with Crippen LogP contribution in [0.1, 0.15) is 27.9 Å². The molecule has 0 spiro atoms. The molecule has 2 N–H and O–H groups in total. The lowest BCUT2D eigenvalue weighted by molar-refractivity contribution is -0.376. The van der Waals surface area contributed by atoms with Crippen LogP contribution in [0.4, 0.5) is 36.4 Å². The van der Waals surface area contributed by atoms with Crippen LogP contribution in [-0.2, 0) is 22.0 Å². The first kappa shape index (κ1) is 29.3. The SMILES string of the molecule is O=C(NC[C@@H]1CCc2cc(C(O)(C(F)(F)F)C(F)(F)F)ccc2N1S(=O)(=O)c1ccc(F)cc1)c1ccncc1. The summed E-state index contributed by atoms with van der Waals surface area (Å²) in [5, 5.41) is 12.4. The summed E-state index contributed by atoms with van der Waals surface area (Å²) in [6.45, 7) is -0.280. The fraction of sp³-hybridized carbons (Fsp3) is 0.280. The van der Waals surface area contributed by atoms with Crippen molar-refractivity contribution in [3.63, 3.8) is 0 Å². The highest BCUT2D eigenvalue weighted by Gasteiger charge is 2.71. The number of hydrogen-bond acceptors (Lipinski definition) is 5. The van der Waals surface area contributed by atoms with E-state index in [9.17, 15) is 49.1 Å². The number of halogens is 7. The van der Waals surface area contributed by atoms with Gasteiger partial charge >= 0.3 is 12.4 Å². The van der Waals surface area contributed by atoms with Gasteiger partial charge in [0.05, 0.1) is 16.6 Å². The molecule has 0 fully saturated rings. The minimum atomic E-state index is -6.13. The van der Waals surface area contributed by atoms with Gasteiger partial charge in [-0.1, -0.05) is 12.1 Å². The number of hydrogen-bond donors (Lipinski definition) is 2. The van der Waals surface area contributed by atoms with Crippen LogP contribution in [0.25, 0.3) is 0 Å². The lowest BCUT2D eigenvalue weighted by atomic mass is 9.88. The minimum Gasteiger partial charge on any atom is -0.369 e. The molecule has 0 aliphatic carbocycles. The number of aromatic nitrogens is 1. The average molecular weight is 592 g/mol. The van der Waals surface area contributed by atoms with Gasteiger partial charge in [-0.25, -0.2) is 12.8 Å². The molecule has 0 unspecified atom stereocenters. The standard InChI is InChI=1S/C25H20F7N3O4S/c26-18-3-6-20(7-4-18)40(38,39)35-19(14-34-22(36)15-9-11-33-12-10-15)5-1-16-13-17(2-8-21(16)35)23(37,24(27,28)29)25(30,31)32/h2-4,6-13,19,37H,1,5,14H2,(H,34,36)/t19-/m0/s1. The maximum Gasteiger partial charge on any atom is 0.430 e. The van der Waals surface area contributed by atoms with Crippen LogP contribution >= 0.6 is 0 Å². The van der Waals surface area contributed by atoms with Crippen LogP contribution in [-0.4, -0.2) is 49.4 Å². The topological polar surface area (TPSA) is 99.6 Å². The third-order valence-electron chi connectivity index (χ3n) is 6.44.